The predicted molar refractivity (Wildman–Crippen MR) is 39.6 cm³/mol. The summed E-state index contributed by atoms with van der Waals surface area (Å²) < 4.78 is 0. The van der Waals surface area contributed by atoms with Gasteiger partial charge in [0.2, 0.25) is 0 Å². The van der Waals surface area contributed by atoms with Crippen LogP contribution in [0.5, 0.6) is 0 Å². The fourth-order valence-electron chi connectivity index (χ4n) is 0.567. The lowest BCUT2D eigenvalue weighted by atomic mass is 10.2. The molecule has 0 aromatic carbocycles. The molecule has 0 unspecified atom stereocenters. The highest BCUT2D eigenvalue weighted by atomic mass is 79.9. The van der Waals surface area contributed by atoms with Crippen molar-refractivity contribution >= 4 is 21.6 Å². The second-order valence-corrected chi connectivity index (χ2v) is 2.74. The van der Waals surface area contributed by atoms with Crippen LogP contribution in [0.4, 0.5) is 0 Å². The fourth-order valence-corrected chi connectivity index (χ4v) is 0.873. The molecular weight excluding hydrogens is 180 g/mol. The van der Waals surface area contributed by atoms with Crippen LogP contribution in [0.2, 0.25) is 0 Å². The zero-order chi connectivity index (χ0) is 6.69. The molecular formula is C6H5BrN2. The molecule has 1 aliphatic rings. The van der Waals surface area contributed by atoms with Crippen molar-refractivity contribution in [2.24, 2.45) is 0 Å². The normalized spacial score (nSPS) is 24.1. The number of allylic oxidation sites excluding steroid dienone is 4. The fraction of sp³-hybridized carbons (Fsp3) is 0.167. The maximum absolute atomic E-state index is 8.25. The van der Waals surface area contributed by atoms with Crippen LogP contribution >= 0.6 is 15.9 Å². The molecule has 0 aromatic heterocycles. The van der Waals surface area contributed by atoms with Gasteiger partial charge in [-0.15, -0.1) is 0 Å². The van der Waals surface area contributed by atoms with E-state index in [0.717, 1.165) is 0 Å². The molecule has 46 valence electrons. The van der Waals surface area contributed by atoms with Crippen LogP contribution in [0.15, 0.2) is 24.3 Å². The first-order valence-electron chi connectivity index (χ1n) is 2.55. The lowest BCUT2D eigenvalue weighted by Crippen LogP contribution is -1.99. The van der Waals surface area contributed by atoms with Gasteiger partial charge in [-0.25, -0.2) is 0 Å². The highest BCUT2D eigenvalue weighted by Crippen LogP contribution is 2.07. The minimum Gasteiger partial charge on any atom is -0.361 e. The third-order valence-corrected chi connectivity index (χ3v) is 1.63. The van der Waals surface area contributed by atoms with Crippen molar-refractivity contribution in [3.63, 3.8) is 0 Å². The largest absolute Gasteiger partial charge is 0.361 e. The molecule has 1 rings (SSSR count). The molecule has 2 nitrogen and oxygen atoms in total. The van der Waals surface area contributed by atoms with Crippen LogP contribution in [0.3, 0.4) is 0 Å². The quantitative estimate of drug-likeness (QED) is 0.312. The number of halogens is 1. The van der Waals surface area contributed by atoms with Gasteiger partial charge in [0.15, 0.2) is 0 Å². The van der Waals surface area contributed by atoms with Crippen molar-refractivity contribution in [1.82, 2.24) is 0 Å². The highest BCUT2D eigenvalue weighted by Gasteiger charge is 2.04. The molecule has 9 heavy (non-hydrogen) atoms. The number of alkyl halides is 1. The van der Waals surface area contributed by atoms with Gasteiger partial charge in [0.25, 0.3) is 0 Å². The summed E-state index contributed by atoms with van der Waals surface area (Å²) >= 11 is 3.33. The van der Waals surface area contributed by atoms with Crippen molar-refractivity contribution < 1.29 is 4.79 Å². The second kappa shape index (κ2) is 2.76. The number of nitrogens with zero attached hydrogens (tertiary/aromatic N) is 2. The molecule has 0 bridgehead atoms. The van der Waals surface area contributed by atoms with E-state index in [0.29, 0.717) is 5.71 Å². The van der Waals surface area contributed by atoms with Crippen LogP contribution in [0.1, 0.15) is 0 Å². The number of hydrogen-bond donors (Lipinski definition) is 0. The Morgan fingerprint density at radius 2 is 2.00 bits per heavy atom. The van der Waals surface area contributed by atoms with Gasteiger partial charge in [0, 0.05) is 12.2 Å². The summed E-state index contributed by atoms with van der Waals surface area (Å²) in [7, 11) is 0. The van der Waals surface area contributed by atoms with Gasteiger partial charge in [-0.2, -0.15) is 4.79 Å². The molecule has 0 atom stereocenters. The lowest BCUT2D eigenvalue weighted by Gasteiger charge is -1.95. The minimum absolute atomic E-state index is 0.281. The maximum Gasteiger partial charge on any atom is 0.314 e. The smallest absolute Gasteiger partial charge is 0.314 e. The zero-order valence-corrected chi connectivity index (χ0v) is 6.25. The van der Waals surface area contributed by atoms with Crippen molar-refractivity contribution in [2.75, 3.05) is 0 Å². The average molecular weight is 185 g/mol. The van der Waals surface area contributed by atoms with Crippen molar-refractivity contribution in [3.05, 3.63) is 29.8 Å². The van der Waals surface area contributed by atoms with E-state index < -0.39 is 0 Å². The topological polar surface area (TPSA) is 36.4 Å². The molecule has 0 saturated heterocycles. The van der Waals surface area contributed by atoms with Gasteiger partial charge in [-0.05, 0) is 0 Å². The van der Waals surface area contributed by atoms with E-state index in [1.807, 2.05) is 12.2 Å². The van der Waals surface area contributed by atoms with Gasteiger partial charge >= 0.3 is 5.71 Å². The van der Waals surface area contributed by atoms with E-state index in [1.54, 1.807) is 12.2 Å². The first kappa shape index (κ1) is 6.46. The molecule has 0 aliphatic heterocycles. The van der Waals surface area contributed by atoms with E-state index in [9.17, 15) is 0 Å². The van der Waals surface area contributed by atoms with Crippen molar-refractivity contribution in [2.45, 2.75) is 4.83 Å². The van der Waals surface area contributed by atoms with Crippen molar-refractivity contribution in [3.8, 4) is 0 Å². The van der Waals surface area contributed by atoms with Crippen LogP contribution in [0, 0.1) is 0 Å². The second-order valence-electron chi connectivity index (χ2n) is 1.69. The van der Waals surface area contributed by atoms with Crippen LogP contribution < -0.4 is 0 Å². The molecule has 0 fully saturated rings. The van der Waals surface area contributed by atoms with Gasteiger partial charge in [0.05, 0.1) is 4.83 Å². The third-order valence-electron chi connectivity index (χ3n) is 1.02. The van der Waals surface area contributed by atoms with E-state index in [4.69, 9.17) is 5.53 Å². The summed E-state index contributed by atoms with van der Waals surface area (Å²) in [5.41, 5.74) is 8.84. The van der Waals surface area contributed by atoms with E-state index in [1.165, 1.54) is 0 Å². The number of rotatable bonds is 0. The van der Waals surface area contributed by atoms with Gasteiger partial charge in [-0.1, -0.05) is 28.1 Å². The average Bonchev–Trinajstić information content (AvgIpc) is 1.90. The van der Waals surface area contributed by atoms with Gasteiger partial charge < -0.3 is 5.53 Å². The SMILES string of the molecule is [N-]=[N+]=C1C=CC(Br)C=C1. The van der Waals surface area contributed by atoms with Crippen molar-refractivity contribution in [1.29, 1.82) is 0 Å². The maximum atomic E-state index is 8.25. The molecule has 0 heterocycles. The molecule has 0 spiro atoms. The predicted octanol–water partition coefficient (Wildman–Crippen LogP) is 1.55. The Kier molecular flexibility index (Phi) is 1.98. The summed E-state index contributed by atoms with van der Waals surface area (Å²) in [4.78, 5) is 3.28. The molecule has 0 aromatic rings. The first-order valence-corrected chi connectivity index (χ1v) is 3.47. The van der Waals surface area contributed by atoms with Gasteiger partial charge in [-0.3, -0.25) is 0 Å². The highest BCUT2D eigenvalue weighted by molar-refractivity contribution is 9.09. The molecule has 0 radical (unpaired) electrons. The van der Waals surface area contributed by atoms with Crippen LogP contribution in [-0.2, 0) is 0 Å². The van der Waals surface area contributed by atoms with E-state index >= 15 is 0 Å². The Morgan fingerprint density at radius 1 is 1.44 bits per heavy atom. The Labute approximate surface area is 61.6 Å². The summed E-state index contributed by atoms with van der Waals surface area (Å²) in [5, 5.41) is 0. The standard InChI is InChI=1S/C6H5BrN2/c7-5-1-3-6(9-8)4-2-5/h1-5H. The number of hydrogen-bond acceptors (Lipinski definition) is 0. The molecule has 3 heteroatoms. The molecule has 0 N–H and O–H groups in total. The lowest BCUT2D eigenvalue weighted by molar-refractivity contribution is -0.00160. The zero-order valence-electron chi connectivity index (χ0n) is 4.66. The Bertz CT molecular complexity index is 195. The summed E-state index contributed by atoms with van der Waals surface area (Å²) in [5.74, 6) is 0. The van der Waals surface area contributed by atoms with E-state index in [-0.39, 0.29) is 4.83 Å². The molecule has 0 amide bonds. The monoisotopic (exact) mass is 184 g/mol. The third kappa shape index (κ3) is 1.63. The summed E-state index contributed by atoms with van der Waals surface area (Å²) in [6.07, 6.45) is 7.29. The van der Waals surface area contributed by atoms with Gasteiger partial charge in [0.1, 0.15) is 0 Å². The van der Waals surface area contributed by atoms with Crippen LogP contribution in [0.25, 0.3) is 5.53 Å². The Morgan fingerprint density at radius 3 is 2.44 bits per heavy atom. The van der Waals surface area contributed by atoms with E-state index in [2.05, 4.69) is 20.7 Å². The Balaban J connectivity index is 2.82. The molecule has 0 saturated carbocycles. The summed E-state index contributed by atoms with van der Waals surface area (Å²) in [6, 6.07) is 0. The summed E-state index contributed by atoms with van der Waals surface area (Å²) in [6.45, 7) is 0. The minimum atomic E-state index is 0.281. The van der Waals surface area contributed by atoms with Crippen LogP contribution in [-0.4, -0.2) is 15.3 Å². The first-order chi connectivity index (χ1) is 4.33. The Hall–Kier alpha value is -0.660. The molecule has 1 aliphatic carbocycles.